The Bertz CT molecular complexity index is 1470. The van der Waals surface area contributed by atoms with Crippen LogP contribution in [0.1, 0.15) is 16.7 Å². The van der Waals surface area contributed by atoms with E-state index in [1.807, 2.05) is 24.3 Å². The molecule has 4 aromatic rings. The Morgan fingerprint density at radius 2 is 1.22 bits per heavy atom. The van der Waals surface area contributed by atoms with Crippen LogP contribution >= 0.6 is 0 Å². The van der Waals surface area contributed by atoms with Gasteiger partial charge in [-0.15, -0.1) is 0 Å². The van der Waals surface area contributed by atoms with Crippen LogP contribution in [0.2, 0.25) is 0 Å². The zero-order valence-electron chi connectivity index (χ0n) is 20.8. The van der Waals surface area contributed by atoms with Crippen molar-refractivity contribution in [1.29, 1.82) is 0 Å². The van der Waals surface area contributed by atoms with Crippen LogP contribution in [0.4, 0.5) is 5.69 Å². The van der Waals surface area contributed by atoms with Crippen molar-refractivity contribution in [2.24, 2.45) is 0 Å². The summed E-state index contributed by atoms with van der Waals surface area (Å²) in [6.45, 7) is 2.31. The van der Waals surface area contributed by atoms with Gasteiger partial charge in [-0.2, -0.15) is 0 Å². The normalized spacial score (nSPS) is 13.4. The van der Waals surface area contributed by atoms with Gasteiger partial charge in [-0.25, -0.2) is 0 Å². The van der Waals surface area contributed by atoms with Crippen LogP contribution < -0.4 is 18.9 Å². The van der Waals surface area contributed by atoms with Crippen molar-refractivity contribution in [1.82, 2.24) is 4.90 Å². The van der Waals surface area contributed by atoms with Gasteiger partial charge in [0.05, 0.1) is 33.4 Å². The predicted molar refractivity (Wildman–Crippen MR) is 139 cm³/mol. The van der Waals surface area contributed by atoms with Crippen LogP contribution in [0, 0.1) is 10.1 Å². The van der Waals surface area contributed by atoms with Gasteiger partial charge in [0, 0.05) is 31.8 Å². The molecule has 5 rings (SSSR count). The van der Waals surface area contributed by atoms with E-state index in [0.717, 1.165) is 46.6 Å². The van der Waals surface area contributed by atoms with Gasteiger partial charge >= 0.3 is 0 Å². The summed E-state index contributed by atoms with van der Waals surface area (Å²) < 4.78 is 22.5. The number of non-ortho nitro benzene ring substituents is 1. The van der Waals surface area contributed by atoms with Crippen LogP contribution in [0.5, 0.6) is 23.0 Å². The first-order valence-corrected chi connectivity index (χ1v) is 11.7. The first-order valence-electron chi connectivity index (χ1n) is 11.7. The molecule has 1 aliphatic heterocycles. The van der Waals surface area contributed by atoms with Crippen LogP contribution in [0.25, 0.3) is 21.5 Å². The minimum absolute atomic E-state index is 0.102. The van der Waals surface area contributed by atoms with E-state index >= 15 is 0 Å². The van der Waals surface area contributed by atoms with E-state index in [9.17, 15) is 10.1 Å². The Balaban J connectivity index is 1.65. The number of rotatable bonds is 7. The molecular formula is C28H28N2O6. The summed E-state index contributed by atoms with van der Waals surface area (Å²) in [5.74, 6) is 2.72. The van der Waals surface area contributed by atoms with Gasteiger partial charge in [-0.1, -0.05) is 12.1 Å². The maximum atomic E-state index is 11.0. The molecule has 1 aliphatic rings. The van der Waals surface area contributed by atoms with E-state index in [-0.39, 0.29) is 10.6 Å². The summed E-state index contributed by atoms with van der Waals surface area (Å²) in [4.78, 5) is 13.0. The molecule has 0 spiro atoms. The molecule has 0 radical (unpaired) electrons. The molecule has 36 heavy (non-hydrogen) atoms. The molecule has 8 nitrogen and oxygen atoms in total. The third-order valence-electron chi connectivity index (χ3n) is 6.97. The fraction of sp³-hybridized carbons (Fsp3) is 0.286. The fourth-order valence-corrected chi connectivity index (χ4v) is 5.18. The average Bonchev–Trinajstić information content (AvgIpc) is 2.91. The smallest absolute Gasteiger partial charge is 0.269 e. The summed E-state index contributed by atoms with van der Waals surface area (Å²) in [5, 5.41) is 15.4. The molecule has 0 unspecified atom stereocenters. The topological polar surface area (TPSA) is 83.3 Å². The number of hydrogen-bond donors (Lipinski definition) is 0. The van der Waals surface area contributed by atoms with Gasteiger partial charge in [0.1, 0.15) is 0 Å². The Kier molecular flexibility index (Phi) is 6.28. The number of hydrogen-bond acceptors (Lipinski definition) is 7. The van der Waals surface area contributed by atoms with Crippen LogP contribution in [-0.2, 0) is 19.5 Å². The number of ether oxygens (including phenoxy) is 4. The van der Waals surface area contributed by atoms with E-state index in [1.165, 1.54) is 11.1 Å². The highest BCUT2D eigenvalue weighted by atomic mass is 16.6. The van der Waals surface area contributed by atoms with Crippen molar-refractivity contribution in [2.75, 3.05) is 35.0 Å². The number of benzene rings is 4. The highest BCUT2D eigenvalue weighted by molar-refractivity contribution is 6.12. The van der Waals surface area contributed by atoms with E-state index < -0.39 is 0 Å². The molecule has 0 N–H and O–H groups in total. The quantitative estimate of drug-likeness (QED) is 0.193. The molecular weight excluding hydrogens is 460 g/mol. The molecule has 0 aromatic heterocycles. The van der Waals surface area contributed by atoms with Gasteiger partial charge in [-0.3, -0.25) is 15.0 Å². The van der Waals surface area contributed by atoms with E-state index in [4.69, 9.17) is 18.9 Å². The lowest BCUT2D eigenvalue weighted by Gasteiger charge is -2.31. The van der Waals surface area contributed by atoms with Gasteiger partial charge < -0.3 is 18.9 Å². The van der Waals surface area contributed by atoms with Gasteiger partial charge in [0.2, 0.25) is 0 Å². The maximum Gasteiger partial charge on any atom is 0.269 e. The number of nitro benzene ring substituents is 1. The summed E-state index contributed by atoms with van der Waals surface area (Å²) in [6, 6.07) is 15.0. The molecule has 0 atom stereocenters. The van der Waals surface area contributed by atoms with Crippen molar-refractivity contribution in [2.45, 2.75) is 19.5 Å². The largest absolute Gasteiger partial charge is 0.493 e. The summed E-state index contributed by atoms with van der Waals surface area (Å²) >= 11 is 0. The molecule has 0 amide bonds. The van der Waals surface area contributed by atoms with Crippen LogP contribution in [0.3, 0.4) is 0 Å². The minimum atomic E-state index is -0.372. The highest BCUT2D eigenvalue weighted by Gasteiger charge is 2.25. The van der Waals surface area contributed by atoms with E-state index in [2.05, 4.69) is 17.0 Å². The van der Waals surface area contributed by atoms with Gasteiger partial charge in [0.15, 0.2) is 23.0 Å². The van der Waals surface area contributed by atoms with Crippen molar-refractivity contribution in [3.05, 3.63) is 75.3 Å². The van der Waals surface area contributed by atoms with E-state index in [0.29, 0.717) is 29.5 Å². The Hall–Kier alpha value is -4.04. The first kappa shape index (κ1) is 23.7. The molecule has 0 aliphatic carbocycles. The molecule has 0 fully saturated rings. The molecule has 186 valence electrons. The molecule has 0 saturated carbocycles. The number of fused-ring (bicyclic) bond motifs is 6. The third kappa shape index (κ3) is 4.03. The summed E-state index contributed by atoms with van der Waals surface area (Å²) in [6.07, 6.45) is 0.860. The van der Waals surface area contributed by atoms with Crippen molar-refractivity contribution in [3.63, 3.8) is 0 Å². The highest BCUT2D eigenvalue weighted by Crippen LogP contribution is 2.44. The van der Waals surface area contributed by atoms with Crippen molar-refractivity contribution >= 4 is 27.2 Å². The summed E-state index contributed by atoms with van der Waals surface area (Å²) in [5.41, 5.74) is 3.66. The number of nitrogens with zero attached hydrogens (tertiary/aromatic N) is 2. The molecule has 4 aromatic carbocycles. The van der Waals surface area contributed by atoms with E-state index in [1.54, 1.807) is 40.6 Å². The van der Waals surface area contributed by atoms with Crippen LogP contribution in [0.15, 0.2) is 48.5 Å². The van der Waals surface area contributed by atoms with Crippen LogP contribution in [-0.4, -0.2) is 44.8 Å². The molecule has 1 heterocycles. The number of nitro groups is 1. The maximum absolute atomic E-state index is 11.0. The second kappa shape index (κ2) is 9.54. The lowest BCUT2D eigenvalue weighted by atomic mass is 9.87. The Morgan fingerprint density at radius 1 is 0.750 bits per heavy atom. The van der Waals surface area contributed by atoms with Crippen molar-refractivity contribution in [3.8, 4) is 23.0 Å². The standard InChI is InChI=1S/C28H28N2O6/c1-33-25-11-20-19-9-10-29(15-17-5-7-18(8-6-17)30(31)32)16-24(19)23-14-28(36-4)27(35-3)13-22(23)21(20)12-26(25)34-2/h5-8,11-14H,9-10,15-16H2,1-4H3. The number of methoxy groups -OCH3 is 4. The SMILES string of the molecule is COc1cc2c3c(c4cc(OC)c(OC)cc4c2cc1OC)CN(Cc1ccc([N+](=O)[O-])cc1)CC3. The predicted octanol–water partition coefficient (Wildman–Crippen LogP) is 5.49. The monoisotopic (exact) mass is 488 g/mol. The Morgan fingerprint density at radius 3 is 1.69 bits per heavy atom. The summed E-state index contributed by atoms with van der Waals surface area (Å²) in [7, 11) is 6.58. The van der Waals surface area contributed by atoms with Gasteiger partial charge in [-0.05, 0) is 68.9 Å². The molecule has 8 heteroatoms. The lowest BCUT2D eigenvalue weighted by molar-refractivity contribution is -0.384. The second-order valence-electron chi connectivity index (χ2n) is 8.85. The molecule has 0 bridgehead atoms. The third-order valence-corrected chi connectivity index (χ3v) is 6.97. The molecule has 0 saturated heterocycles. The zero-order chi connectivity index (χ0) is 25.4. The Labute approximate surface area is 209 Å². The minimum Gasteiger partial charge on any atom is -0.493 e. The lowest BCUT2D eigenvalue weighted by Crippen LogP contribution is -2.30. The van der Waals surface area contributed by atoms with Gasteiger partial charge in [0.25, 0.3) is 5.69 Å². The van der Waals surface area contributed by atoms with Crippen molar-refractivity contribution < 1.29 is 23.9 Å². The fourth-order valence-electron chi connectivity index (χ4n) is 5.18. The second-order valence-corrected chi connectivity index (χ2v) is 8.85. The zero-order valence-corrected chi connectivity index (χ0v) is 20.8. The average molecular weight is 489 g/mol. The first-order chi connectivity index (χ1) is 17.5.